The van der Waals surface area contributed by atoms with Crippen molar-refractivity contribution in [2.24, 2.45) is 11.8 Å². The predicted molar refractivity (Wildman–Crippen MR) is 65.3 cm³/mol. The summed E-state index contributed by atoms with van der Waals surface area (Å²) < 4.78 is 0. The minimum atomic E-state index is -0.286. The molecule has 0 aromatic carbocycles. The van der Waals surface area contributed by atoms with Crippen LogP contribution < -0.4 is 5.32 Å². The molecule has 2 fully saturated rings. The van der Waals surface area contributed by atoms with Crippen LogP contribution in [-0.2, 0) is 9.59 Å². The number of hydrogen-bond acceptors (Lipinski definition) is 3. The van der Waals surface area contributed by atoms with E-state index in [1.165, 1.54) is 17.7 Å². The highest BCUT2D eigenvalue weighted by atomic mass is 16.2. The van der Waals surface area contributed by atoms with Crippen molar-refractivity contribution in [3.63, 3.8) is 0 Å². The highest BCUT2D eigenvalue weighted by Gasteiger charge is 2.40. The Kier molecular flexibility index (Phi) is 3.52. The Morgan fingerprint density at radius 1 is 1.29 bits per heavy atom. The van der Waals surface area contributed by atoms with Crippen molar-refractivity contribution < 1.29 is 9.59 Å². The third-order valence-corrected chi connectivity index (χ3v) is 3.81. The zero-order valence-electron chi connectivity index (χ0n) is 10.9. The van der Waals surface area contributed by atoms with Crippen LogP contribution in [-0.4, -0.2) is 35.3 Å². The molecular weight excluding hydrogens is 216 g/mol. The largest absolute Gasteiger partial charge is 0.305 e. The van der Waals surface area contributed by atoms with Crippen LogP contribution in [0.15, 0.2) is 0 Å². The van der Waals surface area contributed by atoms with E-state index in [1.54, 1.807) is 0 Å². The second-order valence-electron chi connectivity index (χ2n) is 5.68. The first kappa shape index (κ1) is 12.6. The summed E-state index contributed by atoms with van der Waals surface area (Å²) in [6, 6.07) is -0.311. The van der Waals surface area contributed by atoms with Crippen molar-refractivity contribution in [3.8, 4) is 0 Å². The van der Waals surface area contributed by atoms with Gasteiger partial charge in [-0.3, -0.25) is 14.5 Å². The average Bonchev–Trinajstić information content (AvgIpc) is 3.02. The summed E-state index contributed by atoms with van der Waals surface area (Å²) in [4.78, 5) is 25.1. The van der Waals surface area contributed by atoms with Gasteiger partial charge in [0.15, 0.2) is 0 Å². The lowest BCUT2D eigenvalue weighted by Crippen LogP contribution is -2.43. The Labute approximate surface area is 103 Å². The van der Waals surface area contributed by atoms with Crippen molar-refractivity contribution in [2.45, 2.75) is 52.1 Å². The maximum atomic E-state index is 12.0. The number of likely N-dealkylation sites (tertiary alicyclic amines) is 1. The van der Waals surface area contributed by atoms with Crippen LogP contribution in [0.3, 0.4) is 0 Å². The van der Waals surface area contributed by atoms with Gasteiger partial charge in [-0.05, 0) is 45.1 Å². The fourth-order valence-electron chi connectivity index (χ4n) is 2.51. The van der Waals surface area contributed by atoms with Gasteiger partial charge in [-0.1, -0.05) is 6.92 Å². The van der Waals surface area contributed by atoms with Gasteiger partial charge in [0.1, 0.15) is 0 Å². The van der Waals surface area contributed by atoms with Crippen LogP contribution in [0.25, 0.3) is 0 Å². The van der Waals surface area contributed by atoms with Crippen LogP contribution >= 0.6 is 0 Å². The smallest absolute Gasteiger partial charge is 0.247 e. The van der Waals surface area contributed by atoms with Gasteiger partial charge in [0.2, 0.25) is 11.8 Å². The van der Waals surface area contributed by atoms with Crippen molar-refractivity contribution in [2.75, 3.05) is 6.54 Å². The Morgan fingerprint density at radius 3 is 2.41 bits per heavy atom. The molecule has 0 bridgehead atoms. The highest BCUT2D eigenvalue weighted by molar-refractivity contribution is 6.05. The predicted octanol–water partition coefficient (Wildman–Crippen LogP) is 1.16. The lowest BCUT2D eigenvalue weighted by molar-refractivity contribution is -0.140. The van der Waals surface area contributed by atoms with E-state index in [9.17, 15) is 9.59 Å². The summed E-state index contributed by atoms with van der Waals surface area (Å²) in [6.07, 6.45) is 2.96. The fraction of sp³-hybridized carbons (Fsp3) is 0.846. The molecule has 0 spiro atoms. The number of imide groups is 1. The normalized spacial score (nSPS) is 27.1. The van der Waals surface area contributed by atoms with Gasteiger partial charge in [0.25, 0.3) is 0 Å². The van der Waals surface area contributed by atoms with Crippen molar-refractivity contribution >= 4 is 11.8 Å². The van der Waals surface area contributed by atoms with Crippen molar-refractivity contribution in [3.05, 3.63) is 0 Å². The van der Waals surface area contributed by atoms with Gasteiger partial charge >= 0.3 is 0 Å². The maximum Gasteiger partial charge on any atom is 0.247 e. The number of carbonyl (C=O) groups excluding carboxylic acids is 2. The topological polar surface area (TPSA) is 49.4 Å². The van der Waals surface area contributed by atoms with Gasteiger partial charge < -0.3 is 5.32 Å². The molecule has 1 saturated carbocycles. The van der Waals surface area contributed by atoms with Crippen LogP contribution in [0.2, 0.25) is 0 Å². The molecule has 17 heavy (non-hydrogen) atoms. The van der Waals surface area contributed by atoms with E-state index in [1.807, 2.05) is 13.8 Å². The first-order valence-electron chi connectivity index (χ1n) is 6.60. The van der Waals surface area contributed by atoms with Crippen molar-refractivity contribution in [1.29, 1.82) is 0 Å². The highest BCUT2D eigenvalue weighted by Crippen LogP contribution is 2.36. The number of rotatable bonds is 5. The minimum Gasteiger partial charge on any atom is -0.305 e. The van der Waals surface area contributed by atoms with Gasteiger partial charge in [-0.25, -0.2) is 0 Å². The number of carbonyl (C=O) groups is 2. The molecule has 1 N–H and O–H groups in total. The molecule has 1 aliphatic carbocycles. The number of nitrogens with one attached hydrogen (secondary N) is 1. The van der Waals surface area contributed by atoms with E-state index in [0.717, 1.165) is 12.5 Å². The Hall–Kier alpha value is -0.900. The molecule has 0 aromatic heterocycles. The molecule has 1 aliphatic heterocycles. The number of hydrogen-bond donors (Lipinski definition) is 1. The summed E-state index contributed by atoms with van der Waals surface area (Å²) in [5.41, 5.74) is 0. The maximum absolute atomic E-state index is 12.0. The first-order chi connectivity index (χ1) is 8.00. The molecule has 2 amide bonds. The van der Waals surface area contributed by atoms with E-state index in [0.29, 0.717) is 12.3 Å². The van der Waals surface area contributed by atoms with Crippen LogP contribution in [0, 0.1) is 11.8 Å². The van der Waals surface area contributed by atoms with E-state index in [4.69, 9.17) is 0 Å². The SMILES string of the molecule is CC(CNC1CC(=O)N(C(C)C)C1=O)C1CC1. The zero-order valence-corrected chi connectivity index (χ0v) is 10.9. The fourth-order valence-corrected chi connectivity index (χ4v) is 2.51. The molecule has 4 nitrogen and oxygen atoms in total. The van der Waals surface area contributed by atoms with Gasteiger partial charge in [-0.2, -0.15) is 0 Å². The molecule has 2 unspecified atom stereocenters. The molecule has 1 saturated heterocycles. The van der Waals surface area contributed by atoms with E-state index >= 15 is 0 Å². The van der Waals surface area contributed by atoms with E-state index < -0.39 is 0 Å². The average molecular weight is 238 g/mol. The molecule has 2 atom stereocenters. The van der Waals surface area contributed by atoms with Crippen LogP contribution in [0.4, 0.5) is 0 Å². The third-order valence-electron chi connectivity index (χ3n) is 3.81. The summed E-state index contributed by atoms with van der Waals surface area (Å²) in [7, 11) is 0. The molecule has 96 valence electrons. The summed E-state index contributed by atoms with van der Waals surface area (Å²) >= 11 is 0. The number of nitrogens with zero attached hydrogens (tertiary/aromatic N) is 1. The second kappa shape index (κ2) is 4.77. The molecule has 4 heteroatoms. The zero-order chi connectivity index (χ0) is 12.6. The van der Waals surface area contributed by atoms with Gasteiger partial charge in [0, 0.05) is 6.04 Å². The van der Waals surface area contributed by atoms with Crippen LogP contribution in [0.1, 0.15) is 40.0 Å². The Morgan fingerprint density at radius 2 is 1.94 bits per heavy atom. The summed E-state index contributed by atoms with van der Waals surface area (Å²) in [5, 5.41) is 3.26. The van der Waals surface area contributed by atoms with E-state index in [2.05, 4.69) is 12.2 Å². The molecule has 2 aliphatic rings. The molecule has 2 rings (SSSR count). The third kappa shape index (κ3) is 2.68. The molecule has 1 heterocycles. The second-order valence-corrected chi connectivity index (χ2v) is 5.68. The molecular formula is C13H22N2O2. The quantitative estimate of drug-likeness (QED) is 0.731. The van der Waals surface area contributed by atoms with E-state index in [-0.39, 0.29) is 23.9 Å². The summed E-state index contributed by atoms with van der Waals surface area (Å²) in [6.45, 7) is 6.82. The standard InChI is InChI=1S/C13H22N2O2/c1-8(2)15-12(16)6-11(13(15)17)14-7-9(3)10-4-5-10/h8-11,14H,4-7H2,1-3H3. The first-order valence-corrected chi connectivity index (χ1v) is 6.60. The lowest BCUT2D eigenvalue weighted by Gasteiger charge is -2.20. The molecule has 0 aromatic rings. The monoisotopic (exact) mass is 238 g/mol. The number of amides is 2. The van der Waals surface area contributed by atoms with Crippen LogP contribution in [0.5, 0.6) is 0 Å². The van der Waals surface area contributed by atoms with Gasteiger partial charge in [-0.15, -0.1) is 0 Å². The van der Waals surface area contributed by atoms with Crippen molar-refractivity contribution in [1.82, 2.24) is 10.2 Å². The lowest BCUT2D eigenvalue weighted by atomic mass is 10.1. The Bertz CT molecular complexity index is 323. The summed E-state index contributed by atoms with van der Waals surface area (Å²) in [5.74, 6) is 1.36. The minimum absolute atomic E-state index is 0.0253. The Balaban J connectivity index is 1.85. The molecule has 0 radical (unpaired) electrons. The van der Waals surface area contributed by atoms with Gasteiger partial charge in [0.05, 0.1) is 12.5 Å².